The number of likely N-dealkylation sites (tertiary alicyclic amines) is 1. The van der Waals surface area contributed by atoms with Crippen LogP contribution in [0.15, 0.2) is 0 Å². The maximum atomic E-state index is 12.1. The molecule has 0 aromatic carbocycles. The van der Waals surface area contributed by atoms with Crippen molar-refractivity contribution < 1.29 is 4.79 Å². The second-order valence-corrected chi connectivity index (χ2v) is 5.33. The van der Waals surface area contributed by atoms with Crippen molar-refractivity contribution in [3.05, 3.63) is 0 Å². The van der Waals surface area contributed by atoms with E-state index in [4.69, 9.17) is 0 Å². The molecule has 1 amide bonds. The van der Waals surface area contributed by atoms with Gasteiger partial charge in [-0.25, -0.2) is 0 Å². The third kappa shape index (κ3) is 1.89. The molecule has 0 aliphatic carbocycles. The van der Waals surface area contributed by atoms with Crippen LogP contribution in [0.25, 0.3) is 0 Å². The first-order valence-corrected chi connectivity index (χ1v) is 6.11. The molecule has 0 radical (unpaired) electrons. The van der Waals surface area contributed by atoms with E-state index in [-0.39, 0.29) is 6.04 Å². The van der Waals surface area contributed by atoms with Gasteiger partial charge in [0.2, 0.25) is 5.91 Å². The average molecular weight is 210 g/mol. The third-order valence-electron chi connectivity index (χ3n) is 4.01. The lowest BCUT2D eigenvalue weighted by Gasteiger charge is -2.45. The molecule has 3 heteroatoms. The summed E-state index contributed by atoms with van der Waals surface area (Å²) in [4.78, 5) is 14.1. The zero-order valence-electron chi connectivity index (χ0n) is 9.99. The molecule has 2 heterocycles. The summed E-state index contributed by atoms with van der Waals surface area (Å²) in [6.45, 7) is 5.43. The SMILES string of the molecule is CC(C)C1CC2CCCNC2C(=O)N1C. The first-order chi connectivity index (χ1) is 7.11. The van der Waals surface area contributed by atoms with Crippen LogP contribution in [0.3, 0.4) is 0 Å². The van der Waals surface area contributed by atoms with E-state index in [0.29, 0.717) is 23.8 Å². The Balaban J connectivity index is 2.13. The number of likely N-dealkylation sites (N-methyl/N-ethyl adjacent to an activating group) is 1. The van der Waals surface area contributed by atoms with Gasteiger partial charge < -0.3 is 10.2 Å². The molecular weight excluding hydrogens is 188 g/mol. The molecule has 0 spiro atoms. The van der Waals surface area contributed by atoms with Crippen molar-refractivity contribution in [2.24, 2.45) is 11.8 Å². The molecule has 3 nitrogen and oxygen atoms in total. The van der Waals surface area contributed by atoms with Gasteiger partial charge in [0.15, 0.2) is 0 Å². The van der Waals surface area contributed by atoms with Crippen molar-refractivity contribution in [3.8, 4) is 0 Å². The van der Waals surface area contributed by atoms with E-state index in [1.165, 1.54) is 19.3 Å². The average Bonchev–Trinajstić information content (AvgIpc) is 2.23. The van der Waals surface area contributed by atoms with Crippen LogP contribution in [0.4, 0.5) is 0 Å². The number of carbonyl (C=O) groups excluding carboxylic acids is 1. The number of carbonyl (C=O) groups is 1. The Morgan fingerprint density at radius 2 is 2.20 bits per heavy atom. The zero-order chi connectivity index (χ0) is 11.0. The van der Waals surface area contributed by atoms with Crippen LogP contribution in [0.1, 0.15) is 33.1 Å². The van der Waals surface area contributed by atoms with Crippen molar-refractivity contribution in [2.45, 2.75) is 45.2 Å². The summed E-state index contributed by atoms with van der Waals surface area (Å²) in [5, 5.41) is 3.37. The highest BCUT2D eigenvalue weighted by atomic mass is 16.2. The standard InChI is InChI=1S/C12H22N2O/c1-8(2)10-7-9-5-4-6-13-11(9)12(15)14(10)3/h8-11,13H,4-7H2,1-3H3. The Bertz CT molecular complexity index is 252. The van der Waals surface area contributed by atoms with Crippen molar-refractivity contribution in [3.63, 3.8) is 0 Å². The lowest BCUT2D eigenvalue weighted by molar-refractivity contribution is -0.142. The molecule has 3 atom stereocenters. The topological polar surface area (TPSA) is 32.3 Å². The number of rotatable bonds is 1. The van der Waals surface area contributed by atoms with Gasteiger partial charge in [0.25, 0.3) is 0 Å². The Morgan fingerprint density at radius 1 is 1.47 bits per heavy atom. The lowest BCUT2D eigenvalue weighted by atomic mass is 9.78. The Morgan fingerprint density at radius 3 is 2.87 bits per heavy atom. The number of amides is 1. The number of hydrogen-bond donors (Lipinski definition) is 1. The highest BCUT2D eigenvalue weighted by Crippen LogP contribution is 2.32. The predicted octanol–water partition coefficient (Wildman–Crippen LogP) is 1.24. The minimum absolute atomic E-state index is 0.110. The van der Waals surface area contributed by atoms with Crippen LogP contribution in [0.5, 0.6) is 0 Å². The first-order valence-electron chi connectivity index (χ1n) is 6.11. The van der Waals surface area contributed by atoms with Gasteiger partial charge in [0, 0.05) is 13.1 Å². The highest BCUT2D eigenvalue weighted by molar-refractivity contribution is 5.83. The fraction of sp³-hybridized carbons (Fsp3) is 0.917. The third-order valence-corrected chi connectivity index (χ3v) is 4.01. The largest absolute Gasteiger partial charge is 0.341 e. The summed E-state index contributed by atoms with van der Waals surface area (Å²) >= 11 is 0. The maximum absolute atomic E-state index is 12.1. The molecule has 1 N–H and O–H groups in total. The first kappa shape index (κ1) is 10.9. The fourth-order valence-corrected chi connectivity index (χ4v) is 3.07. The van der Waals surface area contributed by atoms with Gasteiger partial charge in [0.1, 0.15) is 0 Å². The van der Waals surface area contributed by atoms with Crippen LogP contribution in [-0.4, -0.2) is 36.5 Å². The van der Waals surface area contributed by atoms with E-state index in [1.54, 1.807) is 0 Å². The zero-order valence-corrected chi connectivity index (χ0v) is 9.99. The normalized spacial score (nSPS) is 36.9. The molecule has 0 bridgehead atoms. The summed E-state index contributed by atoms with van der Waals surface area (Å²) in [6.07, 6.45) is 3.63. The molecule has 86 valence electrons. The highest BCUT2D eigenvalue weighted by Gasteiger charge is 2.41. The molecule has 2 aliphatic heterocycles. The number of hydrogen-bond acceptors (Lipinski definition) is 2. The molecule has 2 saturated heterocycles. The summed E-state index contributed by atoms with van der Waals surface area (Å²) in [5.74, 6) is 1.46. The second kappa shape index (κ2) is 4.12. The minimum Gasteiger partial charge on any atom is -0.341 e. The van der Waals surface area contributed by atoms with E-state index in [9.17, 15) is 4.79 Å². The van der Waals surface area contributed by atoms with E-state index >= 15 is 0 Å². The van der Waals surface area contributed by atoms with E-state index < -0.39 is 0 Å². The molecule has 0 aromatic heterocycles. The summed E-state index contributed by atoms with van der Waals surface area (Å²) in [5.41, 5.74) is 0. The molecule has 2 aliphatic rings. The van der Waals surface area contributed by atoms with Gasteiger partial charge in [-0.3, -0.25) is 4.79 Å². The molecule has 15 heavy (non-hydrogen) atoms. The van der Waals surface area contributed by atoms with E-state index in [1.807, 2.05) is 11.9 Å². The van der Waals surface area contributed by atoms with Crippen molar-refractivity contribution in [1.82, 2.24) is 10.2 Å². The molecule has 0 aromatic rings. The predicted molar refractivity (Wildman–Crippen MR) is 60.5 cm³/mol. The molecule has 0 saturated carbocycles. The molecule has 3 unspecified atom stereocenters. The molecular formula is C12H22N2O. The Labute approximate surface area is 92.2 Å². The number of nitrogens with zero attached hydrogens (tertiary/aromatic N) is 1. The number of nitrogens with one attached hydrogen (secondary N) is 1. The van der Waals surface area contributed by atoms with Gasteiger partial charge >= 0.3 is 0 Å². The molecule has 2 fully saturated rings. The van der Waals surface area contributed by atoms with Crippen molar-refractivity contribution in [2.75, 3.05) is 13.6 Å². The van der Waals surface area contributed by atoms with Crippen LogP contribution in [0.2, 0.25) is 0 Å². The van der Waals surface area contributed by atoms with Gasteiger partial charge in [-0.2, -0.15) is 0 Å². The van der Waals surface area contributed by atoms with Gasteiger partial charge in [0.05, 0.1) is 6.04 Å². The van der Waals surface area contributed by atoms with Crippen molar-refractivity contribution in [1.29, 1.82) is 0 Å². The minimum atomic E-state index is 0.110. The Hall–Kier alpha value is -0.570. The second-order valence-electron chi connectivity index (χ2n) is 5.33. The van der Waals surface area contributed by atoms with Gasteiger partial charge in [-0.05, 0) is 37.6 Å². The van der Waals surface area contributed by atoms with E-state index in [0.717, 1.165) is 6.54 Å². The quantitative estimate of drug-likeness (QED) is 0.706. The summed E-state index contributed by atoms with van der Waals surface area (Å²) < 4.78 is 0. The smallest absolute Gasteiger partial charge is 0.239 e. The van der Waals surface area contributed by atoms with Crippen LogP contribution in [0, 0.1) is 11.8 Å². The van der Waals surface area contributed by atoms with Crippen molar-refractivity contribution >= 4 is 5.91 Å². The monoisotopic (exact) mass is 210 g/mol. The summed E-state index contributed by atoms with van der Waals surface area (Å²) in [6, 6.07) is 0.553. The summed E-state index contributed by atoms with van der Waals surface area (Å²) in [7, 11) is 1.96. The van der Waals surface area contributed by atoms with Crippen LogP contribution < -0.4 is 5.32 Å². The number of piperidine rings is 2. The fourth-order valence-electron chi connectivity index (χ4n) is 3.07. The van der Waals surface area contributed by atoms with E-state index in [2.05, 4.69) is 19.2 Å². The number of fused-ring (bicyclic) bond motifs is 1. The van der Waals surface area contributed by atoms with Gasteiger partial charge in [-0.1, -0.05) is 13.8 Å². The van der Waals surface area contributed by atoms with Crippen LogP contribution >= 0.6 is 0 Å². The van der Waals surface area contributed by atoms with Crippen LogP contribution in [-0.2, 0) is 4.79 Å². The van der Waals surface area contributed by atoms with Gasteiger partial charge in [-0.15, -0.1) is 0 Å². The molecule has 2 rings (SSSR count). The lowest BCUT2D eigenvalue weighted by Crippen LogP contribution is -2.60. The Kier molecular flexibility index (Phi) is 3.01. The maximum Gasteiger partial charge on any atom is 0.239 e.